The lowest BCUT2D eigenvalue weighted by molar-refractivity contribution is 0.157. The van der Waals surface area contributed by atoms with Gasteiger partial charge >= 0.3 is 0 Å². The Morgan fingerprint density at radius 1 is 0.872 bits per heavy atom. The number of hydrogen-bond donors (Lipinski definition) is 2. The zero-order valence-corrected chi connectivity index (χ0v) is 31.4. The van der Waals surface area contributed by atoms with Crippen LogP contribution in [0.15, 0.2) is 85.5 Å². The van der Waals surface area contributed by atoms with Crippen molar-refractivity contribution in [1.82, 2.24) is 10.2 Å². The van der Waals surface area contributed by atoms with Crippen molar-refractivity contribution in [2.45, 2.75) is 131 Å². The Balaban J connectivity index is 0.00000100. The van der Waals surface area contributed by atoms with Crippen molar-refractivity contribution in [2.75, 3.05) is 11.9 Å². The standard InChI is InChI=1S/C36H48ClN3.C4H10.C3H6/c1-5-8-9-13-19-31(15-6-2)40-24-23-32-29(26-40)18-14-20-36(32)39-30-21-22-34(37)33(25-30)27(4)38-35(7-3)28-16-11-10-12-17-28;1-3-4-2;1-3-2/h7,10-12,14,16-18,20-22,25,27,31,38-39H,5-6,8-9,13,15,19,23-24,26H2,1-4H3;3-4H2,1-2H3;3H,1H2,2H3/b35-7-;;. The zero-order chi connectivity index (χ0) is 34.4. The summed E-state index contributed by atoms with van der Waals surface area (Å²) in [4.78, 5) is 2.75. The molecule has 4 heteroatoms. The first-order valence-electron chi connectivity index (χ1n) is 18.3. The van der Waals surface area contributed by atoms with E-state index >= 15 is 0 Å². The van der Waals surface area contributed by atoms with Crippen LogP contribution in [-0.4, -0.2) is 17.5 Å². The average Bonchev–Trinajstić information content (AvgIpc) is 3.10. The molecule has 4 rings (SSSR count). The predicted molar refractivity (Wildman–Crippen MR) is 211 cm³/mol. The van der Waals surface area contributed by atoms with Gasteiger partial charge in [-0.3, -0.25) is 4.90 Å². The van der Waals surface area contributed by atoms with Gasteiger partial charge in [0.2, 0.25) is 0 Å². The maximum absolute atomic E-state index is 6.71. The molecule has 0 aromatic heterocycles. The molecule has 3 nitrogen and oxygen atoms in total. The maximum Gasteiger partial charge on any atom is 0.0501 e. The lowest BCUT2D eigenvalue weighted by Gasteiger charge is -2.36. The van der Waals surface area contributed by atoms with Gasteiger partial charge in [0.1, 0.15) is 0 Å². The van der Waals surface area contributed by atoms with E-state index in [1.165, 1.54) is 80.2 Å². The number of allylic oxidation sites excluding steroid dienone is 2. The Kier molecular flexibility index (Phi) is 19.9. The van der Waals surface area contributed by atoms with Crippen LogP contribution >= 0.6 is 11.6 Å². The maximum atomic E-state index is 6.71. The summed E-state index contributed by atoms with van der Waals surface area (Å²) < 4.78 is 0. The summed E-state index contributed by atoms with van der Waals surface area (Å²) in [5.74, 6) is 0. The van der Waals surface area contributed by atoms with Gasteiger partial charge in [0.15, 0.2) is 0 Å². The number of anilines is 2. The van der Waals surface area contributed by atoms with Crippen LogP contribution in [0.5, 0.6) is 0 Å². The van der Waals surface area contributed by atoms with Crippen molar-refractivity contribution in [1.29, 1.82) is 0 Å². The largest absolute Gasteiger partial charge is 0.378 e. The summed E-state index contributed by atoms with van der Waals surface area (Å²) in [7, 11) is 0. The molecular formula is C43H64ClN3. The lowest BCUT2D eigenvalue weighted by Crippen LogP contribution is -2.39. The third-order valence-corrected chi connectivity index (χ3v) is 9.16. The smallest absolute Gasteiger partial charge is 0.0501 e. The third kappa shape index (κ3) is 13.6. The molecular weight excluding hydrogens is 594 g/mol. The van der Waals surface area contributed by atoms with Crippen LogP contribution in [0.1, 0.15) is 135 Å². The summed E-state index contributed by atoms with van der Waals surface area (Å²) in [5, 5.41) is 8.20. The Labute approximate surface area is 293 Å². The van der Waals surface area contributed by atoms with Gasteiger partial charge in [-0.25, -0.2) is 0 Å². The second-order valence-electron chi connectivity index (χ2n) is 12.7. The van der Waals surface area contributed by atoms with Gasteiger partial charge in [-0.15, -0.1) is 6.58 Å². The number of nitrogens with one attached hydrogen (secondary N) is 2. The predicted octanol–water partition coefficient (Wildman–Crippen LogP) is 13.3. The molecule has 1 aliphatic rings. The summed E-state index contributed by atoms with van der Waals surface area (Å²) in [6.07, 6.45) is 16.9. The van der Waals surface area contributed by atoms with Crippen molar-refractivity contribution in [2.24, 2.45) is 0 Å². The van der Waals surface area contributed by atoms with E-state index in [0.29, 0.717) is 6.04 Å². The number of fused-ring (bicyclic) bond motifs is 1. The van der Waals surface area contributed by atoms with E-state index in [1.807, 2.05) is 19.1 Å². The monoisotopic (exact) mass is 657 g/mol. The van der Waals surface area contributed by atoms with E-state index in [1.54, 1.807) is 6.08 Å². The van der Waals surface area contributed by atoms with E-state index in [2.05, 4.69) is 124 Å². The Hall–Kier alpha value is -3.01. The lowest BCUT2D eigenvalue weighted by atomic mass is 9.94. The number of hydrogen-bond acceptors (Lipinski definition) is 3. The Morgan fingerprint density at radius 3 is 2.23 bits per heavy atom. The molecule has 0 aliphatic carbocycles. The highest BCUT2D eigenvalue weighted by atomic mass is 35.5. The molecule has 2 unspecified atom stereocenters. The first-order chi connectivity index (χ1) is 22.9. The van der Waals surface area contributed by atoms with Gasteiger partial charge in [-0.2, -0.15) is 0 Å². The third-order valence-electron chi connectivity index (χ3n) is 8.81. The molecule has 0 bridgehead atoms. The fourth-order valence-electron chi connectivity index (χ4n) is 6.08. The quantitative estimate of drug-likeness (QED) is 0.126. The van der Waals surface area contributed by atoms with Crippen LogP contribution in [-0.2, 0) is 13.0 Å². The molecule has 0 saturated heterocycles. The number of benzene rings is 3. The molecule has 1 heterocycles. The van der Waals surface area contributed by atoms with Crippen molar-refractivity contribution >= 4 is 28.7 Å². The second kappa shape index (κ2) is 23.3. The summed E-state index contributed by atoms with van der Waals surface area (Å²) >= 11 is 6.71. The zero-order valence-electron chi connectivity index (χ0n) is 30.7. The van der Waals surface area contributed by atoms with Crippen molar-refractivity contribution in [3.8, 4) is 0 Å². The van der Waals surface area contributed by atoms with Crippen molar-refractivity contribution in [3.63, 3.8) is 0 Å². The summed E-state index contributed by atoms with van der Waals surface area (Å²) in [6, 6.07) is 24.3. The van der Waals surface area contributed by atoms with Gasteiger partial charge in [0.25, 0.3) is 0 Å². The Bertz CT molecular complexity index is 1310. The van der Waals surface area contributed by atoms with Crippen molar-refractivity contribution in [3.05, 3.63) is 113 Å². The van der Waals surface area contributed by atoms with Crippen LogP contribution in [0.4, 0.5) is 11.4 Å². The molecule has 0 spiro atoms. The van der Waals surface area contributed by atoms with Crippen LogP contribution in [0.25, 0.3) is 5.70 Å². The van der Waals surface area contributed by atoms with E-state index in [-0.39, 0.29) is 6.04 Å². The molecule has 258 valence electrons. The van der Waals surface area contributed by atoms with Gasteiger partial charge in [0, 0.05) is 41.2 Å². The molecule has 3 aromatic carbocycles. The molecule has 0 fully saturated rings. The number of unbranched alkanes of at least 4 members (excludes halogenated alkanes) is 4. The van der Waals surface area contributed by atoms with Crippen LogP contribution in [0.3, 0.4) is 0 Å². The molecule has 0 saturated carbocycles. The number of rotatable bonds is 15. The normalized spacial score (nSPS) is 14.0. The highest BCUT2D eigenvalue weighted by Crippen LogP contribution is 2.33. The molecule has 2 atom stereocenters. The van der Waals surface area contributed by atoms with Crippen LogP contribution in [0.2, 0.25) is 5.02 Å². The van der Waals surface area contributed by atoms with E-state index in [4.69, 9.17) is 11.6 Å². The van der Waals surface area contributed by atoms with Crippen LogP contribution in [0, 0.1) is 0 Å². The minimum Gasteiger partial charge on any atom is -0.378 e. The molecule has 0 amide bonds. The summed E-state index contributed by atoms with van der Waals surface area (Å²) in [6.45, 7) is 20.7. The van der Waals surface area contributed by atoms with Crippen LogP contribution < -0.4 is 10.6 Å². The van der Waals surface area contributed by atoms with Gasteiger partial charge in [-0.1, -0.05) is 139 Å². The average molecular weight is 658 g/mol. The number of halogens is 1. The molecule has 2 N–H and O–H groups in total. The van der Waals surface area contributed by atoms with E-state index in [0.717, 1.165) is 41.5 Å². The minimum atomic E-state index is 0.0618. The molecule has 3 aromatic rings. The first-order valence-corrected chi connectivity index (χ1v) is 18.7. The topological polar surface area (TPSA) is 27.3 Å². The first kappa shape index (κ1) is 40.2. The van der Waals surface area contributed by atoms with E-state index < -0.39 is 0 Å². The SMILES string of the molecule is C/C=C(\NC(C)c1cc(Nc2cccc3c2CCN(C(CCC)CCCCCC)C3)ccc1Cl)c1ccccc1.C=CC.CCCC. The molecule has 47 heavy (non-hydrogen) atoms. The highest BCUT2D eigenvalue weighted by molar-refractivity contribution is 6.31. The Morgan fingerprint density at radius 2 is 1.60 bits per heavy atom. The highest BCUT2D eigenvalue weighted by Gasteiger charge is 2.24. The van der Waals surface area contributed by atoms with Gasteiger partial charge < -0.3 is 10.6 Å². The minimum absolute atomic E-state index is 0.0618. The van der Waals surface area contributed by atoms with Crippen molar-refractivity contribution < 1.29 is 0 Å². The fraction of sp³-hybridized carbons (Fsp3) is 0.488. The molecule has 0 radical (unpaired) electrons. The van der Waals surface area contributed by atoms with E-state index in [9.17, 15) is 0 Å². The fourth-order valence-corrected chi connectivity index (χ4v) is 6.36. The van der Waals surface area contributed by atoms with Gasteiger partial charge in [0.05, 0.1) is 6.04 Å². The number of nitrogens with zero attached hydrogens (tertiary/aromatic N) is 1. The summed E-state index contributed by atoms with van der Waals surface area (Å²) in [5.41, 5.74) is 8.59. The second-order valence-corrected chi connectivity index (χ2v) is 13.1. The molecule has 1 aliphatic heterocycles. The van der Waals surface area contributed by atoms with Gasteiger partial charge in [-0.05, 0) is 86.6 Å².